The summed E-state index contributed by atoms with van der Waals surface area (Å²) in [5.41, 5.74) is 0.708. The molecule has 15 heavy (non-hydrogen) atoms. The molecule has 3 radical (unpaired) electrons. The third-order valence-corrected chi connectivity index (χ3v) is 1.46. The van der Waals surface area contributed by atoms with Gasteiger partial charge in [0.05, 0.1) is 0 Å². The summed E-state index contributed by atoms with van der Waals surface area (Å²) in [5, 5.41) is 0. The fourth-order valence-corrected chi connectivity index (χ4v) is 0.854. The predicted molar refractivity (Wildman–Crippen MR) is 61.0 cm³/mol. The first-order chi connectivity index (χ1) is 6.93. The Hall–Kier alpha value is -1.95. The highest BCUT2D eigenvalue weighted by molar-refractivity contribution is 5.75. The lowest BCUT2D eigenvalue weighted by atomic mass is 10.2. The molecule has 0 aliphatic heterocycles. The molecule has 0 unspecified atom stereocenters. The second-order valence-electron chi connectivity index (χ2n) is 2.47. The van der Waals surface area contributed by atoms with Gasteiger partial charge in [0, 0.05) is 26.4 Å². The average molecular weight is 198 g/mol. The Labute approximate surface area is 90.9 Å². The third-order valence-electron chi connectivity index (χ3n) is 1.46. The Morgan fingerprint density at radius 1 is 0.933 bits per heavy atom. The molecule has 0 saturated carbocycles. The van der Waals surface area contributed by atoms with Crippen LogP contribution in [0.25, 0.3) is 0 Å². The van der Waals surface area contributed by atoms with Gasteiger partial charge in [-0.05, 0) is 30.2 Å². The number of nitrogens with one attached hydrogen (secondary N) is 1. The molecule has 0 spiro atoms. The lowest BCUT2D eigenvalue weighted by Gasteiger charge is -1.82. The molecule has 73 valence electrons. The van der Waals surface area contributed by atoms with Crippen LogP contribution in [0.3, 0.4) is 0 Å². The van der Waals surface area contributed by atoms with E-state index in [-0.39, 0.29) is 8.41 Å². The van der Waals surface area contributed by atoms with Crippen LogP contribution in [0.15, 0.2) is 54.9 Å². The molecule has 0 fully saturated rings. The van der Waals surface area contributed by atoms with Crippen LogP contribution >= 0.6 is 0 Å². The van der Waals surface area contributed by atoms with Crippen LogP contribution in [0.5, 0.6) is 0 Å². The average Bonchev–Trinajstić information content (AvgIpc) is 2.78. The zero-order valence-corrected chi connectivity index (χ0v) is 8.15. The summed E-state index contributed by atoms with van der Waals surface area (Å²) in [6.45, 7) is 0. The van der Waals surface area contributed by atoms with Crippen molar-refractivity contribution in [2.75, 3.05) is 0 Å². The van der Waals surface area contributed by atoms with Crippen LogP contribution in [-0.4, -0.2) is 13.4 Å². The van der Waals surface area contributed by atoms with E-state index in [4.69, 9.17) is 0 Å². The molecule has 2 rings (SSSR count). The first kappa shape index (κ1) is 13.1. The Morgan fingerprint density at radius 2 is 1.53 bits per heavy atom. The fourth-order valence-electron chi connectivity index (χ4n) is 0.854. The van der Waals surface area contributed by atoms with Gasteiger partial charge in [-0.25, -0.2) is 0 Å². The smallest absolute Gasteiger partial charge is 0.111 e. The van der Waals surface area contributed by atoms with E-state index < -0.39 is 0 Å². The van der Waals surface area contributed by atoms with E-state index in [0.717, 1.165) is 0 Å². The maximum absolute atomic E-state index is 11.3. The lowest BCUT2D eigenvalue weighted by molar-refractivity contribution is 0.774. The largest absolute Gasteiger partial charge is 0.368 e. The van der Waals surface area contributed by atoms with E-state index >= 15 is 0 Å². The van der Waals surface area contributed by atoms with Gasteiger partial charge in [-0.2, -0.15) is 0 Å². The van der Waals surface area contributed by atoms with Crippen LogP contribution in [0, 0.1) is 12.1 Å². The van der Waals surface area contributed by atoms with Crippen LogP contribution < -0.4 is 0 Å². The summed E-state index contributed by atoms with van der Waals surface area (Å²) >= 11 is 0. The van der Waals surface area contributed by atoms with Crippen molar-refractivity contribution in [3.05, 3.63) is 60.4 Å². The standard InChI is InChI=1S/C8H5F.C4H5N.B/c9-7-6-8-4-2-1-3-5-8;1-2-4-5-3-1;/h1-5H;1-5H;. The van der Waals surface area contributed by atoms with Gasteiger partial charge in [0.25, 0.3) is 0 Å². The van der Waals surface area contributed by atoms with Gasteiger partial charge < -0.3 is 4.98 Å². The molecule has 0 bridgehead atoms. The zero-order chi connectivity index (χ0) is 10.1. The minimum absolute atomic E-state index is 0. The van der Waals surface area contributed by atoms with Crippen molar-refractivity contribution in [2.45, 2.75) is 0 Å². The monoisotopic (exact) mass is 198 g/mol. The van der Waals surface area contributed by atoms with Gasteiger partial charge in [0.15, 0.2) is 0 Å². The van der Waals surface area contributed by atoms with Crippen molar-refractivity contribution in [1.82, 2.24) is 4.98 Å². The number of benzene rings is 1. The maximum Gasteiger partial charge on any atom is 0.111 e. The quantitative estimate of drug-likeness (QED) is 0.494. The molecule has 2 aromatic rings. The third kappa shape index (κ3) is 6.17. The van der Waals surface area contributed by atoms with E-state index in [1.165, 1.54) is 6.17 Å². The number of hydrogen-bond donors (Lipinski definition) is 1. The molecule has 1 N–H and O–H groups in total. The van der Waals surface area contributed by atoms with Gasteiger partial charge in [-0.15, -0.1) is 4.39 Å². The summed E-state index contributed by atoms with van der Waals surface area (Å²) < 4.78 is 11.3. The number of H-pyrrole nitrogens is 1. The minimum atomic E-state index is 0. The second kappa shape index (κ2) is 8.64. The summed E-state index contributed by atoms with van der Waals surface area (Å²) in [7, 11) is 0. The Balaban J connectivity index is 0.000000280. The fraction of sp³-hybridized carbons (Fsp3) is 0. The van der Waals surface area contributed by atoms with Gasteiger partial charge in [-0.1, -0.05) is 18.2 Å². The van der Waals surface area contributed by atoms with E-state index in [1.54, 1.807) is 12.1 Å². The summed E-state index contributed by atoms with van der Waals surface area (Å²) in [6.07, 6.45) is 5.08. The minimum Gasteiger partial charge on any atom is -0.368 e. The van der Waals surface area contributed by atoms with Crippen molar-refractivity contribution in [1.29, 1.82) is 0 Å². The van der Waals surface area contributed by atoms with Gasteiger partial charge in [0.1, 0.15) is 6.17 Å². The highest BCUT2D eigenvalue weighted by Crippen LogP contribution is 1.93. The van der Waals surface area contributed by atoms with Crippen LogP contribution in [0.4, 0.5) is 4.39 Å². The number of hydrogen-bond acceptors (Lipinski definition) is 0. The molecule has 3 heteroatoms. The van der Waals surface area contributed by atoms with E-state index in [0.29, 0.717) is 5.56 Å². The van der Waals surface area contributed by atoms with Crippen LogP contribution in [-0.2, 0) is 0 Å². The van der Waals surface area contributed by atoms with Crippen molar-refractivity contribution < 1.29 is 4.39 Å². The highest BCUT2D eigenvalue weighted by Gasteiger charge is 1.78. The molecule has 1 heterocycles. The SMILES string of the molecule is FC#Cc1ccccc1.[B].c1cc[nH]c1. The molecule has 0 atom stereocenters. The zero-order valence-electron chi connectivity index (χ0n) is 8.15. The van der Waals surface area contributed by atoms with Crippen LogP contribution in [0.1, 0.15) is 5.56 Å². The first-order valence-electron chi connectivity index (χ1n) is 4.18. The van der Waals surface area contributed by atoms with Crippen molar-refractivity contribution >= 4 is 8.41 Å². The van der Waals surface area contributed by atoms with Gasteiger partial charge in [0.2, 0.25) is 0 Å². The number of aromatic amines is 1. The maximum atomic E-state index is 11.3. The van der Waals surface area contributed by atoms with Gasteiger partial charge >= 0.3 is 0 Å². The Morgan fingerprint density at radius 3 is 1.93 bits per heavy atom. The second-order valence-corrected chi connectivity index (χ2v) is 2.47. The van der Waals surface area contributed by atoms with E-state index in [1.807, 2.05) is 42.7 Å². The molecule has 0 amide bonds. The lowest BCUT2D eigenvalue weighted by Crippen LogP contribution is -1.67. The van der Waals surface area contributed by atoms with Crippen molar-refractivity contribution in [3.63, 3.8) is 0 Å². The number of halogens is 1. The molecular formula is C12H10BFN. The topological polar surface area (TPSA) is 15.8 Å². The normalized spacial score (nSPS) is 7.27. The van der Waals surface area contributed by atoms with Crippen LogP contribution in [0.2, 0.25) is 0 Å². The summed E-state index contributed by atoms with van der Waals surface area (Å²) in [4.78, 5) is 2.86. The molecule has 1 aromatic carbocycles. The van der Waals surface area contributed by atoms with Crippen molar-refractivity contribution in [2.24, 2.45) is 0 Å². The summed E-state index contributed by atoms with van der Waals surface area (Å²) in [5.74, 6) is 2.29. The molecule has 0 saturated heterocycles. The number of aromatic nitrogens is 1. The summed E-state index contributed by atoms with van der Waals surface area (Å²) in [6, 6.07) is 12.9. The molecular weight excluding hydrogens is 188 g/mol. The Kier molecular flexibility index (Phi) is 7.52. The van der Waals surface area contributed by atoms with Gasteiger partial charge in [-0.3, -0.25) is 0 Å². The molecule has 1 aromatic heterocycles. The number of rotatable bonds is 0. The van der Waals surface area contributed by atoms with Crippen molar-refractivity contribution in [3.8, 4) is 12.1 Å². The first-order valence-corrected chi connectivity index (χ1v) is 4.18. The molecule has 0 aliphatic carbocycles. The highest BCUT2D eigenvalue weighted by atomic mass is 19.1. The molecule has 0 aliphatic rings. The molecule has 1 nitrogen and oxygen atoms in total. The predicted octanol–water partition coefficient (Wildman–Crippen LogP) is 2.60. The van der Waals surface area contributed by atoms with E-state index in [2.05, 4.69) is 10.9 Å². The van der Waals surface area contributed by atoms with E-state index in [9.17, 15) is 4.39 Å². The Bertz CT molecular complexity index is 369.